The summed E-state index contributed by atoms with van der Waals surface area (Å²) in [6.07, 6.45) is 4.51. The van der Waals surface area contributed by atoms with Gasteiger partial charge in [0.1, 0.15) is 0 Å². The third-order valence-corrected chi connectivity index (χ3v) is 4.54. The maximum atomic E-state index is 11.6. The van der Waals surface area contributed by atoms with Crippen LogP contribution in [0.15, 0.2) is 40.6 Å². The Morgan fingerprint density at radius 2 is 2.26 bits per heavy atom. The number of pyridine rings is 1. The fourth-order valence-corrected chi connectivity index (χ4v) is 3.23. The molecule has 1 saturated carbocycles. The van der Waals surface area contributed by atoms with Crippen molar-refractivity contribution in [2.75, 3.05) is 5.32 Å². The predicted molar refractivity (Wildman–Crippen MR) is 79.8 cm³/mol. The minimum Gasteiger partial charge on any atom is -0.376 e. The molecule has 2 heterocycles. The van der Waals surface area contributed by atoms with Crippen LogP contribution in [0.4, 0.5) is 5.69 Å². The molecule has 2 aromatic heterocycles. The lowest BCUT2D eigenvalue weighted by atomic mass is 10.1. The van der Waals surface area contributed by atoms with E-state index < -0.39 is 0 Å². The van der Waals surface area contributed by atoms with Gasteiger partial charge in [0.05, 0.1) is 11.7 Å². The monoisotopic (exact) mass is 274 g/mol. The van der Waals surface area contributed by atoms with Crippen LogP contribution < -0.4 is 10.9 Å². The van der Waals surface area contributed by atoms with Crippen LogP contribution in [-0.4, -0.2) is 4.57 Å². The number of nitrogens with one attached hydrogen (secondary N) is 1. The molecule has 1 unspecified atom stereocenters. The number of aromatic nitrogens is 1. The highest BCUT2D eigenvalue weighted by molar-refractivity contribution is 7.10. The maximum absolute atomic E-state index is 11.6. The topological polar surface area (TPSA) is 34.0 Å². The molecule has 1 N–H and O–H groups in total. The van der Waals surface area contributed by atoms with E-state index in [9.17, 15) is 4.79 Å². The number of aryl methyl sites for hydroxylation is 1. The Labute approximate surface area is 116 Å². The average molecular weight is 274 g/mol. The van der Waals surface area contributed by atoms with E-state index >= 15 is 0 Å². The molecule has 2 aromatic rings. The van der Waals surface area contributed by atoms with Crippen molar-refractivity contribution in [2.24, 2.45) is 5.92 Å². The van der Waals surface area contributed by atoms with Crippen LogP contribution in [0.1, 0.15) is 30.7 Å². The van der Waals surface area contributed by atoms with Crippen LogP contribution >= 0.6 is 11.3 Å². The second-order valence-electron chi connectivity index (χ2n) is 5.02. The first kappa shape index (κ1) is 12.5. The molecule has 1 aliphatic carbocycles. The van der Waals surface area contributed by atoms with Crippen molar-refractivity contribution >= 4 is 17.0 Å². The van der Waals surface area contributed by atoms with Crippen molar-refractivity contribution < 1.29 is 0 Å². The first-order valence-corrected chi connectivity index (χ1v) is 7.66. The number of hydrogen-bond donors (Lipinski definition) is 1. The Balaban J connectivity index is 1.84. The Morgan fingerprint density at radius 1 is 1.42 bits per heavy atom. The molecule has 0 aliphatic heterocycles. The van der Waals surface area contributed by atoms with E-state index in [-0.39, 0.29) is 5.56 Å². The molecular formula is C15H18N2OS. The van der Waals surface area contributed by atoms with Crippen molar-refractivity contribution in [3.05, 3.63) is 51.1 Å². The number of hydrogen-bond acceptors (Lipinski definition) is 3. The molecule has 1 atom stereocenters. The van der Waals surface area contributed by atoms with E-state index in [2.05, 4.69) is 22.8 Å². The summed E-state index contributed by atoms with van der Waals surface area (Å²) < 4.78 is 1.74. The lowest BCUT2D eigenvalue weighted by Gasteiger charge is -2.19. The molecule has 0 aromatic carbocycles. The minimum absolute atomic E-state index is 0.0622. The van der Waals surface area contributed by atoms with Gasteiger partial charge in [0.15, 0.2) is 0 Å². The summed E-state index contributed by atoms with van der Waals surface area (Å²) in [4.78, 5) is 13.0. The molecular weight excluding hydrogens is 256 g/mol. The number of thiophene rings is 1. The fraction of sp³-hybridized carbons (Fsp3) is 0.400. The van der Waals surface area contributed by atoms with Gasteiger partial charge in [0.25, 0.3) is 5.56 Å². The third kappa shape index (κ3) is 2.73. The molecule has 0 radical (unpaired) electrons. The molecule has 100 valence electrons. The quantitative estimate of drug-likeness (QED) is 0.905. The van der Waals surface area contributed by atoms with Gasteiger partial charge >= 0.3 is 0 Å². The molecule has 19 heavy (non-hydrogen) atoms. The molecule has 0 spiro atoms. The van der Waals surface area contributed by atoms with Gasteiger partial charge < -0.3 is 9.88 Å². The zero-order valence-corrected chi connectivity index (χ0v) is 11.8. The van der Waals surface area contributed by atoms with E-state index in [4.69, 9.17) is 0 Å². The second kappa shape index (κ2) is 5.21. The number of anilines is 1. The summed E-state index contributed by atoms with van der Waals surface area (Å²) in [5.74, 6) is 0.737. The maximum Gasteiger partial charge on any atom is 0.250 e. The first-order chi connectivity index (χ1) is 9.28. The van der Waals surface area contributed by atoms with Crippen LogP contribution in [0.5, 0.6) is 0 Å². The van der Waals surface area contributed by atoms with Gasteiger partial charge in [-0.2, -0.15) is 0 Å². The van der Waals surface area contributed by atoms with Gasteiger partial charge in [-0.25, -0.2) is 0 Å². The lowest BCUT2D eigenvalue weighted by molar-refractivity contribution is 0.682. The third-order valence-electron chi connectivity index (χ3n) is 3.59. The highest BCUT2D eigenvalue weighted by Crippen LogP contribution is 2.44. The normalized spacial score (nSPS) is 16.3. The Bertz CT molecular complexity index is 599. The van der Waals surface area contributed by atoms with Crippen molar-refractivity contribution in [3.63, 3.8) is 0 Å². The van der Waals surface area contributed by atoms with Gasteiger partial charge in [0, 0.05) is 23.7 Å². The highest BCUT2D eigenvalue weighted by Gasteiger charge is 2.32. The molecule has 4 heteroatoms. The lowest BCUT2D eigenvalue weighted by Crippen LogP contribution is -2.19. The summed E-state index contributed by atoms with van der Waals surface area (Å²) in [5.41, 5.74) is 1.10. The van der Waals surface area contributed by atoms with E-state index in [0.29, 0.717) is 12.6 Å². The van der Waals surface area contributed by atoms with Crippen molar-refractivity contribution in [3.8, 4) is 0 Å². The predicted octanol–water partition coefficient (Wildman–Crippen LogP) is 3.49. The molecule has 3 nitrogen and oxygen atoms in total. The Kier molecular flexibility index (Phi) is 3.42. The summed E-state index contributed by atoms with van der Waals surface area (Å²) in [6, 6.07) is 8.21. The van der Waals surface area contributed by atoms with Crippen molar-refractivity contribution in [1.82, 2.24) is 4.57 Å². The molecule has 1 fully saturated rings. The molecule has 1 aliphatic rings. The van der Waals surface area contributed by atoms with Gasteiger partial charge in [-0.3, -0.25) is 4.79 Å². The van der Waals surface area contributed by atoms with Crippen LogP contribution in [0.2, 0.25) is 0 Å². The van der Waals surface area contributed by atoms with E-state index in [1.165, 1.54) is 17.7 Å². The zero-order chi connectivity index (χ0) is 13.2. The SMILES string of the molecule is CCn1cc(NC(c2cccs2)C2CC2)ccc1=O. The van der Waals surface area contributed by atoms with Gasteiger partial charge in [-0.1, -0.05) is 6.07 Å². The smallest absolute Gasteiger partial charge is 0.250 e. The van der Waals surface area contributed by atoms with Crippen molar-refractivity contribution in [2.45, 2.75) is 32.4 Å². The van der Waals surface area contributed by atoms with Gasteiger partial charge in [-0.15, -0.1) is 11.3 Å². The molecule has 3 rings (SSSR count). The number of nitrogens with zero attached hydrogens (tertiary/aromatic N) is 1. The highest BCUT2D eigenvalue weighted by atomic mass is 32.1. The van der Waals surface area contributed by atoms with Crippen LogP contribution in [0.3, 0.4) is 0 Å². The second-order valence-corrected chi connectivity index (χ2v) is 6.00. The van der Waals surface area contributed by atoms with Crippen LogP contribution in [0, 0.1) is 5.92 Å². The molecule has 0 amide bonds. The van der Waals surface area contributed by atoms with Crippen molar-refractivity contribution in [1.29, 1.82) is 0 Å². The summed E-state index contributed by atoms with van der Waals surface area (Å²) in [7, 11) is 0. The minimum atomic E-state index is 0.0622. The van der Waals surface area contributed by atoms with Gasteiger partial charge in [-0.05, 0) is 43.2 Å². The molecule has 0 saturated heterocycles. The summed E-state index contributed by atoms with van der Waals surface area (Å²) >= 11 is 1.80. The first-order valence-electron chi connectivity index (χ1n) is 6.78. The average Bonchev–Trinajstić information content (AvgIpc) is 3.12. The number of rotatable bonds is 5. The Hall–Kier alpha value is -1.55. The van der Waals surface area contributed by atoms with Crippen LogP contribution in [-0.2, 0) is 6.54 Å². The van der Waals surface area contributed by atoms with Gasteiger partial charge in [0.2, 0.25) is 0 Å². The standard InChI is InChI=1S/C15H18N2OS/c1-2-17-10-12(7-8-14(17)18)16-15(11-5-6-11)13-4-3-9-19-13/h3-4,7-11,15-16H,2,5-6H2,1H3. The van der Waals surface area contributed by atoms with E-state index in [1.54, 1.807) is 22.0 Å². The summed E-state index contributed by atoms with van der Waals surface area (Å²) in [5, 5.41) is 5.72. The van der Waals surface area contributed by atoms with E-state index in [0.717, 1.165) is 11.6 Å². The molecule has 0 bridgehead atoms. The largest absolute Gasteiger partial charge is 0.376 e. The van der Waals surface area contributed by atoms with Crippen LogP contribution in [0.25, 0.3) is 0 Å². The Morgan fingerprint density at radius 3 is 2.89 bits per heavy atom. The fourth-order valence-electron chi connectivity index (χ4n) is 2.36. The summed E-state index contributed by atoms with van der Waals surface area (Å²) in [6.45, 7) is 2.70. The zero-order valence-electron chi connectivity index (χ0n) is 11.0. The van der Waals surface area contributed by atoms with E-state index in [1.807, 2.05) is 19.2 Å².